The third-order valence-corrected chi connectivity index (χ3v) is 8.03. The number of halogens is 3. The number of fused-ring (bicyclic) bond motifs is 1. The Balaban J connectivity index is 1.37. The zero-order valence-corrected chi connectivity index (χ0v) is 23.1. The molecular weight excluding hydrogens is 558 g/mol. The van der Waals surface area contributed by atoms with E-state index < -0.39 is 22.8 Å². The van der Waals surface area contributed by atoms with E-state index in [1.54, 1.807) is 44.3 Å². The maximum atomic E-state index is 14.1. The summed E-state index contributed by atoms with van der Waals surface area (Å²) in [5, 5.41) is 2.68. The highest BCUT2D eigenvalue weighted by Crippen LogP contribution is 2.35. The molecular formula is C30H23ClF2N2O4S. The molecule has 4 aromatic rings. The van der Waals surface area contributed by atoms with Crippen molar-refractivity contribution in [1.82, 2.24) is 9.88 Å². The van der Waals surface area contributed by atoms with Crippen molar-refractivity contribution in [2.45, 2.75) is 19.8 Å². The zero-order chi connectivity index (χ0) is 28.6. The Hall–Kier alpha value is -3.95. The molecule has 2 heterocycles. The first-order valence-electron chi connectivity index (χ1n) is 12.4. The van der Waals surface area contributed by atoms with Gasteiger partial charge in [-0.15, -0.1) is 0 Å². The highest BCUT2D eigenvalue weighted by atomic mass is 35.5. The van der Waals surface area contributed by atoms with E-state index in [-0.39, 0.29) is 12.0 Å². The molecule has 40 heavy (non-hydrogen) atoms. The number of nitrogens with zero attached hydrogens (tertiary/aromatic N) is 1. The van der Waals surface area contributed by atoms with Crippen LogP contribution in [0.3, 0.4) is 0 Å². The Labute approximate surface area is 237 Å². The van der Waals surface area contributed by atoms with Crippen LogP contribution in [0.2, 0.25) is 5.02 Å². The number of allylic oxidation sites excluding steroid dienone is 1. The lowest BCUT2D eigenvalue weighted by atomic mass is 9.98. The maximum absolute atomic E-state index is 14.1. The van der Waals surface area contributed by atoms with E-state index >= 15 is 0 Å². The summed E-state index contributed by atoms with van der Waals surface area (Å²) < 4.78 is 35.5. The van der Waals surface area contributed by atoms with Gasteiger partial charge in [0.15, 0.2) is 17.1 Å². The number of aryl methyl sites for hydroxylation is 1. The maximum Gasteiger partial charge on any atom is 0.290 e. The molecule has 1 fully saturated rings. The van der Waals surface area contributed by atoms with E-state index in [1.165, 1.54) is 6.07 Å². The number of carbonyl (C=O) groups excluding carboxylic acids is 2. The fourth-order valence-electron chi connectivity index (χ4n) is 4.77. The molecule has 5 rings (SSSR count). The summed E-state index contributed by atoms with van der Waals surface area (Å²) in [6.45, 7) is 1.97. The molecule has 1 aliphatic rings. The van der Waals surface area contributed by atoms with Crippen molar-refractivity contribution in [3.8, 4) is 17.0 Å². The summed E-state index contributed by atoms with van der Waals surface area (Å²) in [5.74, 6) is -1.96. The smallest absolute Gasteiger partial charge is 0.290 e. The number of para-hydroxylation sites is 1. The lowest BCUT2D eigenvalue weighted by Gasteiger charge is -2.18. The van der Waals surface area contributed by atoms with E-state index in [0.717, 1.165) is 23.9 Å². The standard InChI is InChI=1S/C30H23ClF2N2O4S/c1-16(28-29(37)34-30(38)40-28)17-10-12-25(21(31)14-17)39-13-5-7-20-26(18-9-11-22(32)23(33)15-18)35(2)24-8-4-3-6-19(24)27(20)36/h3-4,6,8-12,14-15H,5,7,13H2,1-2H3,(H,34,37,38). The summed E-state index contributed by atoms with van der Waals surface area (Å²) in [6.07, 6.45) is 0.775. The monoisotopic (exact) mass is 580 g/mol. The van der Waals surface area contributed by atoms with Crippen molar-refractivity contribution in [3.05, 3.63) is 104 Å². The van der Waals surface area contributed by atoms with Crippen molar-refractivity contribution in [3.63, 3.8) is 0 Å². The van der Waals surface area contributed by atoms with E-state index in [9.17, 15) is 23.2 Å². The summed E-state index contributed by atoms with van der Waals surface area (Å²) in [4.78, 5) is 37.3. The van der Waals surface area contributed by atoms with Crippen LogP contribution in [0.5, 0.6) is 5.75 Å². The molecule has 3 aromatic carbocycles. The molecule has 1 aromatic heterocycles. The third kappa shape index (κ3) is 5.26. The van der Waals surface area contributed by atoms with Crippen LogP contribution in [-0.2, 0) is 18.3 Å². The summed E-state index contributed by atoms with van der Waals surface area (Å²) in [5.41, 5.74) is 3.20. The minimum Gasteiger partial charge on any atom is -0.492 e. The second-order valence-electron chi connectivity index (χ2n) is 9.26. The highest BCUT2D eigenvalue weighted by molar-refractivity contribution is 8.18. The molecule has 1 saturated heterocycles. The van der Waals surface area contributed by atoms with Gasteiger partial charge in [-0.2, -0.15) is 0 Å². The normalized spacial score (nSPS) is 14.5. The van der Waals surface area contributed by atoms with Gasteiger partial charge in [-0.05, 0) is 85.1 Å². The minimum absolute atomic E-state index is 0.174. The van der Waals surface area contributed by atoms with Crippen LogP contribution in [-0.4, -0.2) is 22.3 Å². The largest absolute Gasteiger partial charge is 0.492 e. The van der Waals surface area contributed by atoms with Gasteiger partial charge in [-0.1, -0.05) is 29.8 Å². The summed E-state index contributed by atoms with van der Waals surface area (Å²) in [7, 11) is 1.79. The molecule has 0 aliphatic carbocycles. The van der Waals surface area contributed by atoms with Crippen molar-refractivity contribution >= 4 is 51.0 Å². The van der Waals surface area contributed by atoms with Crippen LogP contribution in [0.25, 0.3) is 27.7 Å². The van der Waals surface area contributed by atoms with Crippen LogP contribution < -0.4 is 15.5 Å². The predicted molar refractivity (Wildman–Crippen MR) is 154 cm³/mol. The van der Waals surface area contributed by atoms with Gasteiger partial charge >= 0.3 is 0 Å². The number of ether oxygens (including phenoxy) is 1. The predicted octanol–water partition coefficient (Wildman–Crippen LogP) is 6.86. The molecule has 0 spiro atoms. The second kappa shape index (κ2) is 11.3. The van der Waals surface area contributed by atoms with Crippen LogP contribution in [0.4, 0.5) is 13.6 Å². The average Bonchev–Trinajstić information content (AvgIpc) is 3.28. The lowest BCUT2D eigenvalue weighted by Crippen LogP contribution is -2.18. The Morgan fingerprint density at radius 3 is 2.50 bits per heavy atom. The number of imide groups is 1. The number of thioether (sulfide) groups is 1. The Bertz CT molecular complexity index is 1780. The van der Waals surface area contributed by atoms with Crippen LogP contribution in [0.15, 0.2) is 70.4 Å². The van der Waals surface area contributed by atoms with E-state index in [0.29, 0.717) is 67.4 Å². The molecule has 1 N–H and O–H groups in total. The second-order valence-corrected chi connectivity index (χ2v) is 10.6. The van der Waals surface area contributed by atoms with Crippen LogP contribution >= 0.6 is 23.4 Å². The molecule has 0 radical (unpaired) electrons. The lowest BCUT2D eigenvalue weighted by molar-refractivity contribution is -0.115. The SMILES string of the molecule is CC(=C1SC(=O)NC1=O)c1ccc(OCCCc2c(-c3ccc(F)c(F)c3)n(C)c3ccccc3c2=O)c(Cl)c1. The first-order chi connectivity index (χ1) is 19.2. The van der Waals surface area contributed by atoms with Gasteiger partial charge in [0.2, 0.25) is 0 Å². The molecule has 1 aliphatic heterocycles. The van der Waals surface area contributed by atoms with Gasteiger partial charge in [0.25, 0.3) is 11.1 Å². The number of nitrogens with one attached hydrogen (secondary N) is 1. The number of hydrogen-bond donors (Lipinski definition) is 1. The van der Waals surface area contributed by atoms with Gasteiger partial charge in [0, 0.05) is 23.6 Å². The van der Waals surface area contributed by atoms with E-state index in [2.05, 4.69) is 5.32 Å². The molecule has 6 nitrogen and oxygen atoms in total. The fourth-order valence-corrected chi connectivity index (χ4v) is 5.75. The summed E-state index contributed by atoms with van der Waals surface area (Å²) >= 11 is 7.29. The Morgan fingerprint density at radius 1 is 1.02 bits per heavy atom. The number of carbonyl (C=O) groups is 2. The highest BCUT2D eigenvalue weighted by Gasteiger charge is 2.27. The number of hydrogen-bond acceptors (Lipinski definition) is 5. The van der Waals surface area contributed by atoms with Crippen molar-refractivity contribution in [2.75, 3.05) is 6.61 Å². The first kappa shape index (κ1) is 27.6. The number of benzene rings is 3. The number of rotatable bonds is 7. The van der Waals surface area contributed by atoms with Crippen LogP contribution in [0, 0.1) is 11.6 Å². The molecule has 0 saturated carbocycles. The Kier molecular flexibility index (Phi) is 7.78. The minimum atomic E-state index is -0.991. The first-order valence-corrected chi connectivity index (χ1v) is 13.6. The molecule has 2 amide bonds. The molecule has 0 atom stereocenters. The van der Waals surface area contributed by atoms with Gasteiger partial charge in [0.05, 0.1) is 27.7 Å². The fraction of sp³-hybridized carbons (Fsp3) is 0.167. The number of aromatic nitrogens is 1. The van der Waals surface area contributed by atoms with E-state index in [1.807, 2.05) is 16.7 Å². The topological polar surface area (TPSA) is 77.4 Å². The molecule has 0 unspecified atom stereocenters. The van der Waals surface area contributed by atoms with Gasteiger partial charge in [0.1, 0.15) is 5.75 Å². The number of pyridine rings is 1. The third-order valence-electron chi connectivity index (χ3n) is 6.75. The van der Waals surface area contributed by atoms with Crippen molar-refractivity contribution in [1.29, 1.82) is 0 Å². The molecule has 0 bridgehead atoms. The van der Waals surface area contributed by atoms with Crippen molar-refractivity contribution in [2.24, 2.45) is 7.05 Å². The zero-order valence-electron chi connectivity index (χ0n) is 21.5. The molecule has 204 valence electrons. The van der Waals surface area contributed by atoms with Crippen LogP contribution in [0.1, 0.15) is 24.5 Å². The molecule has 10 heteroatoms. The summed E-state index contributed by atoms with van der Waals surface area (Å²) in [6, 6.07) is 15.9. The number of amides is 2. The van der Waals surface area contributed by atoms with Gasteiger partial charge in [-0.25, -0.2) is 8.78 Å². The quantitative estimate of drug-likeness (QED) is 0.191. The van der Waals surface area contributed by atoms with Gasteiger partial charge in [-0.3, -0.25) is 19.7 Å². The Morgan fingerprint density at radius 2 is 1.80 bits per heavy atom. The van der Waals surface area contributed by atoms with E-state index in [4.69, 9.17) is 16.3 Å². The van der Waals surface area contributed by atoms with Crippen molar-refractivity contribution < 1.29 is 23.1 Å². The van der Waals surface area contributed by atoms with Gasteiger partial charge < -0.3 is 9.30 Å². The average molecular weight is 581 g/mol.